The Hall–Kier alpha value is -0.120. The van der Waals surface area contributed by atoms with Crippen molar-refractivity contribution in [1.29, 1.82) is 0 Å². The molecule has 2 atom stereocenters. The summed E-state index contributed by atoms with van der Waals surface area (Å²) >= 11 is 0. The maximum atomic E-state index is 10.4. The normalized spacial score (nSPS) is 28.4. The van der Waals surface area contributed by atoms with E-state index in [-0.39, 0.29) is 11.7 Å². The molecule has 3 nitrogen and oxygen atoms in total. The molecule has 1 N–H and O–H groups in total. The highest BCUT2D eigenvalue weighted by Crippen LogP contribution is 2.38. The molecule has 2 unspecified atom stereocenters. The minimum absolute atomic E-state index is 0.0194. The van der Waals surface area contributed by atoms with Crippen LogP contribution >= 0.6 is 0 Å². The molecule has 112 valence electrons. The Balaban J connectivity index is 1.76. The van der Waals surface area contributed by atoms with Crippen LogP contribution in [0.25, 0.3) is 0 Å². The zero-order valence-corrected chi connectivity index (χ0v) is 12.4. The van der Waals surface area contributed by atoms with E-state index in [0.29, 0.717) is 5.92 Å². The molecule has 0 aromatic rings. The minimum Gasteiger partial charge on any atom is -0.393 e. The summed E-state index contributed by atoms with van der Waals surface area (Å²) in [5, 5.41) is 10.4. The fraction of sp³-hybridized carbons (Fsp3) is 1.00. The lowest BCUT2D eigenvalue weighted by Gasteiger charge is -2.44. The molecule has 19 heavy (non-hydrogen) atoms. The van der Waals surface area contributed by atoms with Crippen molar-refractivity contribution in [3.8, 4) is 0 Å². The van der Waals surface area contributed by atoms with E-state index < -0.39 is 0 Å². The standard InChI is InChI=1S/C16H30O3/c1-2-3-4-5-6-15(17)14-7-10-19-16(13-14)8-11-18-12-9-16/h14-15,17H,2-13H2,1H3. The molecule has 0 aromatic carbocycles. The van der Waals surface area contributed by atoms with Crippen LogP contribution in [0.1, 0.15) is 64.7 Å². The number of unbranched alkanes of at least 4 members (excludes halogenated alkanes) is 3. The molecule has 0 aliphatic carbocycles. The Morgan fingerprint density at radius 2 is 1.95 bits per heavy atom. The van der Waals surface area contributed by atoms with Crippen LogP contribution < -0.4 is 0 Å². The van der Waals surface area contributed by atoms with Crippen LogP contribution in [0.5, 0.6) is 0 Å². The van der Waals surface area contributed by atoms with Gasteiger partial charge in [-0.05, 0) is 38.0 Å². The second-order valence-electron chi connectivity index (χ2n) is 6.31. The Morgan fingerprint density at radius 3 is 2.68 bits per heavy atom. The first-order valence-electron chi connectivity index (χ1n) is 8.15. The van der Waals surface area contributed by atoms with Crippen molar-refractivity contribution >= 4 is 0 Å². The molecular formula is C16H30O3. The summed E-state index contributed by atoms with van der Waals surface area (Å²) in [4.78, 5) is 0. The zero-order chi connectivity index (χ0) is 13.6. The van der Waals surface area contributed by atoms with Crippen LogP contribution in [-0.2, 0) is 9.47 Å². The fourth-order valence-corrected chi connectivity index (χ4v) is 3.50. The molecule has 2 rings (SSSR count). The summed E-state index contributed by atoms with van der Waals surface area (Å²) in [6.07, 6.45) is 9.90. The van der Waals surface area contributed by atoms with Crippen molar-refractivity contribution in [1.82, 2.24) is 0 Å². The van der Waals surface area contributed by atoms with Crippen molar-refractivity contribution in [2.45, 2.75) is 76.4 Å². The topological polar surface area (TPSA) is 38.7 Å². The van der Waals surface area contributed by atoms with E-state index >= 15 is 0 Å². The Kier molecular flexibility index (Phi) is 6.11. The van der Waals surface area contributed by atoms with Crippen LogP contribution in [0.15, 0.2) is 0 Å². The average molecular weight is 270 g/mol. The highest BCUT2D eigenvalue weighted by atomic mass is 16.5. The fourth-order valence-electron chi connectivity index (χ4n) is 3.50. The van der Waals surface area contributed by atoms with Crippen molar-refractivity contribution in [3.05, 3.63) is 0 Å². The third kappa shape index (κ3) is 4.44. The van der Waals surface area contributed by atoms with Gasteiger partial charge in [-0.2, -0.15) is 0 Å². The summed E-state index contributed by atoms with van der Waals surface area (Å²) in [7, 11) is 0. The molecule has 2 saturated heterocycles. The Labute approximate surface area is 117 Å². The number of rotatable bonds is 6. The third-order valence-corrected chi connectivity index (χ3v) is 4.83. The molecule has 0 amide bonds. The van der Waals surface area contributed by atoms with Gasteiger partial charge in [-0.25, -0.2) is 0 Å². The van der Waals surface area contributed by atoms with Gasteiger partial charge in [0.15, 0.2) is 0 Å². The molecule has 0 aromatic heterocycles. The van der Waals surface area contributed by atoms with Gasteiger partial charge in [0, 0.05) is 19.8 Å². The second-order valence-corrected chi connectivity index (χ2v) is 6.31. The summed E-state index contributed by atoms with van der Waals surface area (Å²) < 4.78 is 11.5. The van der Waals surface area contributed by atoms with E-state index in [4.69, 9.17) is 9.47 Å². The van der Waals surface area contributed by atoms with Gasteiger partial charge < -0.3 is 14.6 Å². The van der Waals surface area contributed by atoms with Crippen LogP contribution in [-0.4, -0.2) is 36.6 Å². The molecule has 0 saturated carbocycles. The van der Waals surface area contributed by atoms with Gasteiger partial charge in [-0.3, -0.25) is 0 Å². The van der Waals surface area contributed by atoms with Crippen molar-refractivity contribution in [3.63, 3.8) is 0 Å². The number of ether oxygens (including phenoxy) is 2. The lowest BCUT2D eigenvalue weighted by Crippen LogP contribution is -2.46. The van der Waals surface area contributed by atoms with Crippen molar-refractivity contribution in [2.24, 2.45) is 5.92 Å². The lowest BCUT2D eigenvalue weighted by molar-refractivity contribution is -0.159. The quantitative estimate of drug-likeness (QED) is 0.753. The number of hydrogen-bond donors (Lipinski definition) is 1. The number of aliphatic hydroxyl groups is 1. The van der Waals surface area contributed by atoms with Crippen LogP contribution in [0.2, 0.25) is 0 Å². The molecule has 2 aliphatic heterocycles. The van der Waals surface area contributed by atoms with Crippen molar-refractivity contribution < 1.29 is 14.6 Å². The van der Waals surface area contributed by atoms with Crippen LogP contribution in [0, 0.1) is 5.92 Å². The van der Waals surface area contributed by atoms with E-state index in [1.807, 2.05) is 0 Å². The van der Waals surface area contributed by atoms with E-state index in [9.17, 15) is 5.11 Å². The first-order chi connectivity index (χ1) is 9.26. The average Bonchev–Trinajstić information content (AvgIpc) is 2.44. The molecule has 2 fully saturated rings. The highest BCUT2D eigenvalue weighted by molar-refractivity contribution is 4.90. The van der Waals surface area contributed by atoms with E-state index in [1.54, 1.807) is 0 Å². The molecular weight excluding hydrogens is 240 g/mol. The monoisotopic (exact) mass is 270 g/mol. The molecule has 0 radical (unpaired) electrons. The predicted molar refractivity (Wildman–Crippen MR) is 76.2 cm³/mol. The maximum absolute atomic E-state index is 10.4. The van der Waals surface area contributed by atoms with Crippen LogP contribution in [0.4, 0.5) is 0 Å². The third-order valence-electron chi connectivity index (χ3n) is 4.83. The maximum Gasteiger partial charge on any atom is 0.0730 e. The minimum atomic E-state index is -0.125. The zero-order valence-electron chi connectivity index (χ0n) is 12.4. The Bertz CT molecular complexity index is 243. The summed E-state index contributed by atoms with van der Waals surface area (Å²) in [6, 6.07) is 0. The molecule has 2 aliphatic rings. The van der Waals surface area contributed by atoms with Gasteiger partial charge in [0.05, 0.1) is 11.7 Å². The Morgan fingerprint density at radius 1 is 1.16 bits per heavy atom. The van der Waals surface area contributed by atoms with Gasteiger partial charge in [0.2, 0.25) is 0 Å². The lowest BCUT2D eigenvalue weighted by atomic mass is 9.77. The summed E-state index contributed by atoms with van der Waals surface area (Å²) in [5.41, 5.74) is 0.0194. The molecule has 1 spiro atoms. The number of hydrogen-bond acceptors (Lipinski definition) is 3. The van der Waals surface area contributed by atoms with Crippen LogP contribution in [0.3, 0.4) is 0 Å². The van der Waals surface area contributed by atoms with Gasteiger partial charge in [-0.15, -0.1) is 0 Å². The van der Waals surface area contributed by atoms with Gasteiger partial charge in [0.25, 0.3) is 0 Å². The predicted octanol–water partition coefficient (Wildman–Crippen LogP) is 3.29. The van der Waals surface area contributed by atoms with Gasteiger partial charge in [0.1, 0.15) is 0 Å². The van der Waals surface area contributed by atoms with Gasteiger partial charge >= 0.3 is 0 Å². The number of aliphatic hydroxyl groups excluding tert-OH is 1. The van der Waals surface area contributed by atoms with E-state index in [2.05, 4.69) is 6.92 Å². The van der Waals surface area contributed by atoms with Gasteiger partial charge in [-0.1, -0.05) is 32.6 Å². The highest BCUT2D eigenvalue weighted by Gasteiger charge is 2.40. The summed E-state index contributed by atoms with van der Waals surface area (Å²) in [5.74, 6) is 0.438. The molecule has 3 heteroatoms. The first-order valence-corrected chi connectivity index (χ1v) is 8.15. The van der Waals surface area contributed by atoms with E-state index in [1.165, 1.54) is 25.7 Å². The second kappa shape index (κ2) is 7.61. The SMILES string of the molecule is CCCCCCC(O)C1CCOC2(CCOCC2)C1. The summed E-state index contributed by atoms with van der Waals surface area (Å²) in [6.45, 7) is 4.68. The first kappa shape index (κ1) is 15.3. The molecule has 2 heterocycles. The largest absolute Gasteiger partial charge is 0.393 e. The smallest absolute Gasteiger partial charge is 0.0730 e. The van der Waals surface area contributed by atoms with E-state index in [0.717, 1.165) is 51.9 Å². The molecule has 0 bridgehead atoms. The van der Waals surface area contributed by atoms with Crippen molar-refractivity contribution in [2.75, 3.05) is 19.8 Å².